The SMILES string of the molecule is O=C(c1ccc(F)cc1)N(Cc1nccn1Cc1ccccc1)CC1CC1. The van der Waals surface area contributed by atoms with Crippen molar-refractivity contribution in [3.05, 3.63) is 89.8 Å². The predicted molar refractivity (Wildman–Crippen MR) is 102 cm³/mol. The maximum Gasteiger partial charge on any atom is 0.254 e. The Morgan fingerprint density at radius 2 is 1.85 bits per heavy atom. The van der Waals surface area contributed by atoms with Crippen LogP contribution in [0.15, 0.2) is 67.0 Å². The van der Waals surface area contributed by atoms with Gasteiger partial charge < -0.3 is 9.47 Å². The number of rotatable bonds is 7. The summed E-state index contributed by atoms with van der Waals surface area (Å²) in [5, 5.41) is 0. The summed E-state index contributed by atoms with van der Waals surface area (Å²) in [5.74, 6) is 1.01. The topological polar surface area (TPSA) is 38.1 Å². The third kappa shape index (κ3) is 4.42. The first kappa shape index (κ1) is 17.5. The molecule has 1 aromatic heterocycles. The van der Waals surface area contributed by atoms with Crippen LogP contribution in [0.4, 0.5) is 4.39 Å². The van der Waals surface area contributed by atoms with Gasteiger partial charge in [0.15, 0.2) is 0 Å². The summed E-state index contributed by atoms with van der Waals surface area (Å²) in [6.07, 6.45) is 6.03. The van der Waals surface area contributed by atoms with E-state index >= 15 is 0 Å². The van der Waals surface area contributed by atoms with Crippen molar-refractivity contribution in [3.8, 4) is 0 Å². The zero-order valence-corrected chi connectivity index (χ0v) is 15.1. The maximum absolute atomic E-state index is 13.2. The van der Waals surface area contributed by atoms with Crippen molar-refractivity contribution >= 4 is 5.91 Å². The lowest BCUT2D eigenvalue weighted by molar-refractivity contribution is 0.0728. The number of aromatic nitrogens is 2. The lowest BCUT2D eigenvalue weighted by Crippen LogP contribution is -2.33. The first-order valence-electron chi connectivity index (χ1n) is 9.28. The van der Waals surface area contributed by atoms with Gasteiger partial charge in [0, 0.05) is 31.0 Å². The second kappa shape index (κ2) is 7.74. The molecule has 0 bridgehead atoms. The van der Waals surface area contributed by atoms with E-state index in [0.29, 0.717) is 24.6 Å². The first-order chi connectivity index (χ1) is 13.2. The van der Waals surface area contributed by atoms with Gasteiger partial charge in [0.1, 0.15) is 11.6 Å². The molecule has 1 fully saturated rings. The third-order valence-electron chi connectivity index (χ3n) is 4.88. The molecular formula is C22H22FN3O. The standard InChI is InChI=1S/C22H22FN3O/c23-20-10-8-19(9-11-20)22(27)26(15-18-6-7-18)16-21-24-12-13-25(21)14-17-4-2-1-3-5-17/h1-5,8-13,18H,6-7,14-16H2. The highest BCUT2D eigenvalue weighted by Gasteiger charge is 2.28. The molecule has 1 saturated carbocycles. The minimum atomic E-state index is -0.335. The summed E-state index contributed by atoms with van der Waals surface area (Å²) in [6, 6.07) is 16.0. The fourth-order valence-electron chi connectivity index (χ4n) is 3.19. The Bertz CT molecular complexity index is 901. The van der Waals surface area contributed by atoms with Crippen LogP contribution in [0.5, 0.6) is 0 Å². The van der Waals surface area contributed by atoms with Gasteiger partial charge in [0.2, 0.25) is 0 Å². The van der Waals surface area contributed by atoms with Crippen LogP contribution in [-0.4, -0.2) is 26.9 Å². The number of amides is 1. The van der Waals surface area contributed by atoms with Crippen LogP contribution in [0, 0.1) is 11.7 Å². The fourth-order valence-corrected chi connectivity index (χ4v) is 3.19. The Kier molecular flexibility index (Phi) is 5.01. The zero-order valence-electron chi connectivity index (χ0n) is 15.1. The van der Waals surface area contributed by atoms with Gasteiger partial charge in [-0.3, -0.25) is 4.79 Å². The smallest absolute Gasteiger partial charge is 0.254 e. The number of hydrogen-bond donors (Lipinski definition) is 0. The van der Waals surface area contributed by atoms with Gasteiger partial charge in [0.25, 0.3) is 5.91 Å². The Morgan fingerprint density at radius 1 is 1.11 bits per heavy atom. The van der Waals surface area contributed by atoms with Gasteiger partial charge in [-0.2, -0.15) is 0 Å². The van der Waals surface area contributed by atoms with E-state index in [-0.39, 0.29) is 11.7 Å². The molecule has 27 heavy (non-hydrogen) atoms. The fraction of sp³-hybridized carbons (Fsp3) is 0.273. The number of benzene rings is 2. The van der Waals surface area contributed by atoms with Crippen LogP contribution in [0.3, 0.4) is 0 Å². The van der Waals surface area contributed by atoms with E-state index in [4.69, 9.17) is 0 Å². The van der Waals surface area contributed by atoms with Gasteiger partial charge in [-0.05, 0) is 48.6 Å². The van der Waals surface area contributed by atoms with E-state index in [9.17, 15) is 9.18 Å². The van der Waals surface area contributed by atoms with Gasteiger partial charge >= 0.3 is 0 Å². The number of nitrogens with zero attached hydrogens (tertiary/aromatic N) is 3. The van der Waals surface area contributed by atoms with Crippen molar-refractivity contribution in [1.82, 2.24) is 14.5 Å². The first-order valence-corrected chi connectivity index (χ1v) is 9.28. The average molecular weight is 363 g/mol. The molecule has 0 saturated heterocycles. The molecule has 1 amide bonds. The largest absolute Gasteiger partial charge is 0.331 e. The highest BCUT2D eigenvalue weighted by molar-refractivity contribution is 5.94. The van der Waals surface area contributed by atoms with E-state index in [1.807, 2.05) is 29.3 Å². The van der Waals surface area contributed by atoms with Crippen LogP contribution >= 0.6 is 0 Å². The Labute approximate surface area is 158 Å². The lowest BCUT2D eigenvalue weighted by atomic mass is 10.2. The Balaban J connectivity index is 1.53. The molecule has 5 heteroatoms. The predicted octanol–water partition coefficient (Wildman–Crippen LogP) is 4.12. The third-order valence-corrected chi connectivity index (χ3v) is 4.88. The molecule has 0 atom stereocenters. The number of carbonyl (C=O) groups excluding carboxylic acids is 1. The number of hydrogen-bond acceptors (Lipinski definition) is 2. The van der Waals surface area contributed by atoms with Crippen molar-refractivity contribution < 1.29 is 9.18 Å². The quantitative estimate of drug-likeness (QED) is 0.633. The van der Waals surface area contributed by atoms with Crippen molar-refractivity contribution in [2.45, 2.75) is 25.9 Å². The molecule has 2 aromatic carbocycles. The molecule has 1 aliphatic rings. The van der Waals surface area contributed by atoms with Crippen LogP contribution in [0.2, 0.25) is 0 Å². The molecule has 0 spiro atoms. The van der Waals surface area contributed by atoms with Crippen LogP contribution in [0.25, 0.3) is 0 Å². The molecule has 0 aliphatic heterocycles. The summed E-state index contributed by atoms with van der Waals surface area (Å²) in [6.45, 7) is 1.89. The summed E-state index contributed by atoms with van der Waals surface area (Å²) < 4.78 is 15.3. The Hall–Kier alpha value is -2.95. The molecule has 3 aromatic rings. The van der Waals surface area contributed by atoms with E-state index in [1.54, 1.807) is 18.3 Å². The van der Waals surface area contributed by atoms with E-state index in [0.717, 1.165) is 25.2 Å². The number of carbonyl (C=O) groups is 1. The van der Waals surface area contributed by atoms with E-state index in [1.165, 1.54) is 17.7 Å². The zero-order chi connectivity index (χ0) is 18.6. The normalized spacial score (nSPS) is 13.5. The van der Waals surface area contributed by atoms with Crippen LogP contribution in [-0.2, 0) is 13.1 Å². The van der Waals surface area contributed by atoms with Crippen LogP contribution in [0.1, 0.15) is 34.6 Å². The molecule has 0 radical (unpaired) electrons. The van der Waals surface area contributed by atoms with Gasteiger partial charge in [-0.1, -0.05) is 30.3 Å². The lowest BCUT2D eigenvalue weighted by Gasteiger charge is -2.23. The van der Waals surface area contributed by atoms with Gasteiger partial charge in [-0.25, -0.2) is 9.37 Å². The van der Waals surface area contributed by atoms with E-state index < -0.39 is 0 Å². The number of halogens is 1. The van der Waals surface area contributed by atoms with Crippen molar-refractivity contribution in [2.24, 2.45) is 5.92 Å². The average Bonchev–Trinajstić information content (AvgIpc) is 3.41. The van der Waals surface area contributed by atoms with Crippen molar-refractivity contribution in [3.63, 3.8) is 0 Å². The molecule has 1 aliphatic carbocycles. The summed E-state index contributed by atoms with van der Waals surface area (Å²) >= 11 is 0. The van der Waals surface area contributed by atoms with Crippen molar-refractivity contribution in [2.75, 3.05) is 6.54 Å². The molecule has 4 nitrogen and oxygen atoms in total. The highest BCUT2D eigenvalue weighted by Crippen LogP contribution is 2.30. The molecule has 1 heterocycles. The molecule has 0 unspecified atom stereocenters. The second-order valence-electron chi connectivity index (χ2n) is 7.09. The summed E-state index contributed by atoms with van der Waals surface area (Å²) in [5.41, 5.74) is 1.70. The maximum atomic E-state index is 13.2. The van der Waals surface area contributed by atoms with Crippen molar-refractivity contribution in [1.29, 1.82) is 0 Å². The van der Waals surface area contributed by atoms with Gasteiger partial charge in [-0.15, -0.1) is 0 Å². The molecular weight excluding hydrogens is 341 g/mol. The number of imidazole rings is 1. The molecule has 138 valence electrons. The molecule has 0 N–H and O–H groups in total. The second-order valence-corrected chi connectivity index (χ2v) is 7.09. The summed E-state index contributed by atoms with van der Waals surface area (Å²) in [7, 11) is 0. The van der Waals surface area contributed by atoms with E-state index in [2.05, 4.69) is 21.7 Å². The Morgan fingerprint density at radius 3 is 2.56 bits per heavy atom. The monoisotopic (exact) mass is 363 g/mol. The molecule has 4 rings (SSSR count). The highest BCUT2D eigenvalue weighted by atomic mass is 19.1. The van der Waals surface area contributed by atoms with Crippen LogP contribution < -0.4 is 0 Å². The van der Waals surface area contributed by atoms with Gasteiger partial charge in [0.05, 0.1) is 6.54 Å². The summed E-state index contributed by atoms with van der Waals surface area (Å²) in [4.78, 5) is 19.3. The minimum Gasteiger partial charge on any atom is -0.331 e. The minimum absolute atomic E-state index is 0.0730.